The molecule has 0 spiro atoms. The standard InChI is InChI=1S/C8H15N/c1-9-6-5-7-3-2-4-8(7)9/h7-8H,2-6H2,1H3/t7-,8-/m0/s1. The molecule has 1 heteroatoms. The van der Waals surface area contributed by atoms with Gasteiger partial charge in [0.05, 0.1) is 0 Å². The topological polar surface area (TPSA) is 3.24 Å². The van der Waals surface area contributed by atoms with E-state index in [1.165, 1.54) is 32.2 Å². The van der Waals surface area contributed by atoms with Crippen LogP contribution in [0.15, 0.2) is 0 Å². The Morgan fingerprint density at radius 1 is 1.22 bits per heavy atom. The molecule has 1 heterocycles. The molecule has 1 saturated heterocycles. The zero-order valence-corrected chi connectivity index (χ0v) is 6.14. The summed E-state index contributed by atoms with van der Waals surface area (Å²) in [5, 5.41) is 0. The van der Waals surface area contributed by atoms with E-state index in [1.807, 2.05) is 0 Å². The average molecular weight is 125 g/mol. The Kier molecular flexibility index (Phi) is 1.26. The minimum absolute atomic E-state index is 0.977. The first-order valence-electron chi connectivity index (χ1n) is 4.08. The van der Waals surface area contributed by atoms with Gasteiger partial charge in [0, 0.05) is 6.04 Å². The maximum absolute atomic E-state index is 2.54. The van der Waals surface area contributed by atoms with Gasteiger partial charge >= 0.3 is 0 Å². The molecule has 0 N–H and O–H groups in total. The summed E-state index contributed by atoms with van der Waals surface area (Å²) >= 11 is 0. The second-order valence-corrected chi connectivity index (χ2v) is 3.53. The third-order valence-electron chi connectivity index (χ3n) is 3.04. The number of hydrogen-bond acceptors (Lipinski definition) is 1. The number of nitrogens with zero attached hydrogens (tertiary/aromatic N) is 1. The second kappa shape index (κ2) is 1.98. The summed E-state index contributed by atoms with van der Waals surface area (Å²) in [5.41, 5.74) is 0. The summed E-state index contributed by atoms with van der Waals surface area (Å²) in [6.45, 7) is 1.36. The highest BCUT2D eigenvalue weighted by Crippen LogP contribution is 2.36. The fourth-order valence-corrected chi connectivity index (χ4v) is 2.47. The van der Waals surface area contributed by atoms with Gasteiger partial charge in [0.15, 0.2) is 0 Å². The van der Waals surface area contributed by atoms with Crippen molar-refractivity contribution >= 4 is 0 Å². The minimum Gasteiger partial charge on any atom is -0.303 e. The van der Waals surface area contributed by atoms with Gasteiger partial charge in [-0.2, -0.15) is 0 Å². The molecular formula is C8H15N. The molecule has 1 saturated carbocycles. The summed E-state index contributed by atoms with van der Waals surface area (Å²) in [7, 11) is 2.27. The third kappa shape index (κ3) is 0.787. The van der Waals surface area contributed by atoms with Crippen LogP contribution in [0.3, 0.4) is 0 Å². The third-order valence-corrected chi connectivity index (χ3v) is 3.04. The van der Waals surface area contributed by atoms with E-state index in [1.54, 1.807) is 0 Å². The van der Waals surface area contributed by atoms with Crippen LogP contribution in [0.25, 0.3) is 0 Å². The lowest BCUT2D eigenvalue weighted by atomic mass is 10.1. The van der Waals surface area contributed by atoms with Gasteiger partial charge < -0.3 is 4.90 Å². The SMILES string of the molecule is CN1CC[C@@H]2CCC[C@@H]21. The van der Waals surface area contributed by atoms with Gasteiger partial charge in [-0.05, 0) is 38.8 Å². The molecule has 2 rings (SSSR count). The maximum Gasteiger partial charge on any atom is 0.0121 e. The largest absolute Gasteiger partial charge is 0.303 e. The summed E-state index contributed by atoms with van der Waals surface area (Å²) in [4.78, 5) is 2.54. The summed E-state index contributed by atoms with van der Waals surface area (Å²) in [5.74, 6) is 1.08. The van der Waals surface area contributed by atoms with E-state index < -0.39 is 0 Å². The van der Waals surface area contributed by atoms with Crippen LogP contribution in [0.1, 0.15) is 25.7 Å². The highest BCUT2D eigenvalue weighted by Gasteiger charge is 2.34. The van der Waals surface area contributed by atoms with E-state index in [9.17, 15) is 0 Å². The Morgan fingerprint density at radius 2 is 2.11 bits per heavy atom. The molecular weight excluding hydrogens is 110 g/mol. The van der Waals surface area contributed by atoms with E-state index in [-0.39, 0.29) is 0 Å². The molecule has 52 valence electrons. The van der Waals surface area contributed by atoms with Crippen molar-refractivity contribution in [2.24, 2.45) is 5.92 Å². The average Bonchev–Trinajstić information content (AvgIpc) is 2.35. The predicted molar refractivity (Wildman–Crippen MR) is 38.4 cm³/mol. The molecule has 0 unspecified atom stereocenters. The Bertz CT molecular complexity index is 111. The molecule has 0 radical (unpaired) electrons. The number of hydrogen-bond donors (Lipinski definition) is 0. The fraction of sp³-hybridized carbons (Fsp3) is 1.00. The Morgan fingerprint density at radius 3 is 2.89 bits per heavy atom. The van der Waals surface area contributed by atoms with Crippen molar-refractivity contribution in [3.05, 3.63) is 0 Å². The quantitative estimate of drug-likeness (QED) is 0.474. The van der Waals surface area contributed by atoms with Crippen molar-refractivity contribution < 1.29 is 0 Å². The fourth-order valence-electron chi connectivity index (χ4n) is 2.47. The Hall–Kier alpha value is -0.0400. The van der Waals surface area contributed by atoms with Gasteiger partial charge in [0.2, 0.25) is 0 Å². The van der Waals surface area contributed by atoms with Crippen molar-refractivity contribution in [2.75, 3.05) is 13.6 Å². The van der Waals surface area contributed by atoms with E-state index in [4.69, 9.17) is 0 Å². The van der Waals surface area contributed by atoms with Gasteiger partial charge in [0.1, 0.15) is 0 Å². The molecule has 9 heavy (non-hydrogen) atoms. The van der Waals surface area contributed by atoms with Crippen LogP contribution in [-0.2, 0) is 0 Å². The van der Waals surface area contributed by atoms with Gasteiger partial charge in [-0.25, -0.2) is 0 Å². The first-order chi connectivity index (χ1) is 4.38. The Labute approximate surface area is 57.0 Å². The molecule has 0 aromatic carbocycles. The van der Waals surface area contributed by atoms with Gasteiger partial charge in [0.25, 0.3) is 0 Å². The van der Waals surface area contributed by atoms with Crippen molar-refractivity contribution in [2.45, 2.75) is 31.7 Å². The van der Waals surface area contributed by atoms with E-state index >= 15 is 0 Å². The monoisotopic (exact) mass is 125 g/mol. The summed E-state index contributed by atoms with van der Waals surface area (Å²) < 4.78 is 0. The van der Waals surface area contributed by atoms with E-state index in [2.05, 4.69) is 11.9 Å². The molecule has 1 aliphatic heterocycles. The molecule has 2 atom stereocenters. The number of rotatable bonds is 0. The lowest BCUT2D eigenvalue weighted by molar-refractivity contribution is 0.294. The number of fused-ring (bicyclic) bond motifs is 1. The maximum atomic E-state index is 2.54. The molecule has 1 nitrogen and oxygen atoms in total. The van der Waals surface area contributed by atoms with Crippen LogP contribution in [0.5, 0.6) is 0 Å². The predicted octanol–water partition coefficient (Wildman–Crippen LogP) is 1.49. The van der Waals surface area contributed by atoms with Crippen LogP contribution in [0.4, 0.5) is 0 Å². The lowest BCUT2D eigenvalue weighted by Gasteiger charge is -2.16. The number of likely N-dealkylation sites (tertiary alicyclic amines) is 1. The van der Waals surface area contributed by atoms with Crippen molar-refractivity contribution in [1.82, 2.24) is 4.90 Å². The smallest absolute Gasteiger partial charge is 0.0121 e. The van der Waals surface area contributed by atoms with Crippen molar-refractivity contribution in [3.63, 3.8) is 0 Å². The first-order valence-corrected chi connectivity index (χ1v) is 4.08. The highest BCUT2D eigenvalue weighted by molar-refractivity contribution is 4.89. The second-order valence-electron chi connectivity index (χ2n) is 3.53. The van der Waals surface area contributed by atoms with Crippen LogP contribution in [0.2, 0.25) is 0 Å². The molecule has 2 aliphatic rings. The molecule has 2 fully saturated rings. The van der Waals surface area contributed by atoms with Crippen molar-refractivity contribution in [3.8, 4) is 0 Å². The van der Waals surface area contributed by atoms with E-state index in [0.717, 1.165) is 12.0 Å². The summed E-state index contributed by atoms with van der Waals surface area (Å²) in [6, 6.07) is 0.977. The zero-order chi connectivity index (χ0) is 6.27. The lowest BCUT2D eigenvalue weighted by Crippen LogP contribution is -2.25. The molecule has 0 amide bonds. The Balaban J connectivity index is 2.07. The van der Waals surface area contributed by atoms with Crippen LogP contribution >= 0.6 is 0 Å². The first kappa shape index (κ1) is 5.72. The van der Waals surface area contributed by atoms with E-state index in [0.29, 0.717) is 0 Å². The van der Waals surface area contributed by atoms with Gasteiger partial charge in [-0.1, -0.05) is 6.42 Å². The molecule has 0 aromatic rings. The highest BCUT2D eigenvalue weighted by atomic mass is 15.2. The van der Waals surface area contributed by atoms with Crippen LogP contribution < -0.4 is 0 Å². The van der Waals surface area contributed by atoms with Gasteiger partial charge in [-0.3, -0.25) is 0 Å². The van der Waals surface area contributed by atoms with Gasteiger partial charge in [-0.15, -0.1) is 0 Å². The molecule has 0 aromatic heterocycles. The summed E-state index contributed by atoms with van der Waals surface area (Å²) in [6.07, 6.45) is 5.94. The normalized spacial score (nSPS) is 43.7. The van der Waals surface area contributed by atoms with Crippen LogP contribution in [0, 0.1) is 5.92 Å². The van der Waals surface area contributed by atoms with Crippen LogP contribution in [-0.4, -0.2) is 24.5 Å². The molecule has 0 bridgehead atoms. The zero-order valence-electron chi connectivity index (χ0n) is 6.14. The minimum atomic E-state index is 0.977. The molecule has 1 aliphatic carbocycles. The van der Waals surface area contributed by atoms with Crippen molar-refractivity contribution in [1.29, 1.82) is 0 Å².